The van der Waals surface area contributed by atoms with E-state index in [4.69, 9.17) is 0 Å². The van der Waals surface area contributed by atoms with E-state index in [0.717, 1.165) is 13.1 Å². The van der Waals surface area contributed by atoms with E-state index in [0.29, 0.717) is 30.9 Å². The van der Waals surface area contributed by atoms with E-state index in [2.05, 4.69) is 53.3 Å². The molecule has 1 aliphatic rings. The van der Waals surface area contributed by atoms with Crippen LogP contribution in [0.15, 0.2) is 61.2 Å². The Hall–Kier alpha value is -3.28. The van der Waals surface area contributed by atoms with E-state index in [-0.39, 0.29) is 11.9 Å². The van der Waals surface area contributed by atoms with Crippen molar-refractivity contribution in [2.45, 2.75) is 6.92 Å². The van der Waals surface area contributed by atoms with Crippen molar-refractivity contribution in [1.29, 1.82) is 0 Å². The molecule has 2 aromatic rings. The second-order valence-electron chi connectivity index (χ2n) is 6.82. The van der Waals surface area contributed by atoms with Crippen molar-refractivity contribution in [1.82, 2.24) is 10.2 Å². The van der Waals surface area contributed by atoms with Crippen LogP contribution in [0.4, 0.5) is 16.2 Å². The Morgan fingerprint density at radius 2 is 1.79 bits per heavy atom. The Balaban J connectivity index is 1.51. The first kappa shape index (κ1) is 19.5. The second-order valence-corrected chi connectivity index (χ2v) is 6.82. The van der Waals surface area contributed by atoms with Crippen LogP contribution < -0.4 is 15.5 Å². The van der Waals surface area contributed by atoms with E-state index in [1.165, 1.54) is 11.3 Å². The summed E-state index contributed by atoms with van der Waals surface area (Å²) in [6, 6.07) is 15.2. The van der Waals surface area contributed by atoms with Crippen molar-refractivity contribution in [2.24, 2.45) is 0 Å². The monoisotopic (exact) mass is 378 g/mol. The molecule has 0 aromatic heterocycles. The van der Waals surface area contributed by atoms with E-state index in [1.54, 1.807) is 30.3 Å². The van der Waals surface area contributed by atoms with E-state index >= 15 is 0 Å². The average molecular weight is 378 g/mol. The van der Waals surface area contributed by atoms with Crippen LogP contribution in [-0.2, 0) is 0 Å². The van der Waals surface area contributed by atoms with Gasteiger partial charge in [-0.25, -0.2) is 4.79 Å². The van der Waals surface area contributed by atoms with Crippen LogP contribution in [0, 0.1) is 6.92 Å². The molecular weight excluding hydrogens is 352 g/mol. The summed E-state index contributed by atoms with van der Waals surface area (Å²) in [6.07, 6.45) is 1.63. The normalized spacial score (nSPS) is 13.8. The Morgan fingerprint density at radius 3 is 2.43 bits per heavy atom. The van der Waals surface area contributed by atoms with Crippen LogP contribution in [0.3, 0.4) is 0 Å². The van der Waals surface area contributed by atoms with Gasteiger partial charge < -0.3 is 20.4 Å². The quantitative estimate of drug-likeness (QED) is 0.785. The Bertz CT molecular complexity index is 840. The van der Waals surface area contributed by atoms with Gasteiger partial charge in [-0.05, 0) is 48.9 Å². The number of carbonyl (C=O) groups is 2. The average Bonchev–Trinajstić information content (AvgIpc) is 2.72. The second kappa shape index (κ2) is 9.08. The summed E-state index contributed by atoms with van der Waals surface area (Å²) < 4.78 is 0. The van der Waals surface area contributed by atoms with Crippen LogP contribution in [-0.4, -0.2) is 49.6 Å². The molecule has 0 unspecified atom stereocenters. The molecule has 0 saturated carbocycles. The number of rotatable bonds is 5. The standard InChI is InChI=1S/C22H26N4O2/c1-3-11-23-21(27)18-7-9-19(10-8-18)24-22(28)26-14-12-25(13-15-26)20-6-4-5-17(2)16-20/h3-10,16H,1,11-15H2,2H3,(H,23,27)(H,24,28). The van der Waals surface area contributed by atoms with Crippen molar-refractivity contribution < 1.29 is 9.59 Å². The van der Waals surface area contributed by atoms with Crippen LogP contribution in [0.2, 0.25) is 0 Å². The molecule has 0 spiro atoms. The van der Waals surface area contributed by atoms with Crippen molar-refractivity contribution in [3.8, 4) is 0 Å². The van der Waals surface area contributed by atoms with Crippen molar-refractivity contribution in [2.75, 3.05) is 42.9 Å². The van der Waals surface area contributed by atoms with Crippen LogP contribution in [0.5, 0.6) is 0 Å². The van der Waals surface area contributed by atoms with Gasteiger partial charge in [-0.3, -0.25) is 4.79 Å². The zero-order valence-corrected chi connectivity index (χ0v) is 16.1. The number of urea groups is 1. The molecule has 0 radical (unpaired) electrons. The van der Waals surface area contributed by atoms with Gasteiger partial charge in [0, 0.05) is 49.7 Å². The fourth-order valence-corrected chi connectivity index (χ4v) is 3.17. The molecule has 0 bridgehead atoms. The van der Waals surface area contributed by atoms with Crippen molar-refractivity contribution in [3.05, 3.63) is 72.3 Å². The number of nitrogens with one attached hydrogen (secondary N) is 2. The molecule has 1 saturated heterocycles. The number of benzene rings is 2. The Labute approximate surface area is 165 Å². The lowest BCUT2D eigenvalue weighted by atomic mass is 10.2. The highest BCUT2D eigenvalue weighted by atomic mass is 16.2. The number of amides is 3. The predicted octanol–water partition coefficient (Wildman–Crippen LogP) is 3.26. The van der Waals surface area contributed by atoms with E-state index in [9.17, 15) is 9.59 Å². The summed E-state index contributed by atoms with van der Waals surface area (Å²) in [5.41, 5.74) is 3.66. The molecule has 28 heavy (non-hydrogen) atoms. The molecule has 1 fully saturated rings. The fourth-order valence-electron chi connectivity index (χ4n) is 3.17. The number of hydrogen-bond donors (Lipinski definition) is 2. The number of anilines is 2. The van der Waals surface area contributed by atoms with E-state index in [1.807, 2.05) is 4.90 Å². The smallest absolute Gasteiger partial charge is 0.321 e. The molecule has 0 aliphatic carbocycles. The van der Waals surface area contributed by atoms with Gasteiger partial charge >= 0.3 is 6.03 Å². The first-order valence-electron chi connectivity index (χ1n) is 9.43. The Kier molecular flexibility index (Phi) is 6.32. The number of aryl methyl sites for hydroxylation is 1. The van der Waals surface area contributed by atoms with Gasteiger partial charge in [0.2, 0.25) is 0 Å². The summed E-state index contributed by atoms with van der Waals surface area (Å²) in [5.74, 6) is -0.162. The number of piperazine rings is 1. The lowest BCUT2D eigenvalue weighted by Crippen LogP contribution is -2.50. The number of carbonyl (C=O) groups excluding carboxylic acids is 2. The minimum atomic E-state index is -0.162. The minimum absolute atomic E-state index is 0.118. The molecule has 3 amide bonds. The zero-order chi connectivity index (χ0) is 19.9. The molecule has 1 aliphatic heterocycles. The predicted molar refractivity (Wildman–Crippen MR) is 113 cm³/mol. The van der Waals surface area contributed by atoms with Crippen molar-refractivity contribution >= 4 is 23.3 Å². The maximum Gasteiger partial charge on any atom is 0.321 e. The fraction of sp³-hybridized carbons (Fsp3) is 0.273. The lowest BCUT2D eigenvalue weighted by molar-refractivity contribution is 0.0958. The van der Waals surface area contributed by atoms with E-state index < -0.39 is 0 Å². The molecule has 1 heterocycles. The van der Waals surface area contributed by atoms with Gasteiger partial charge in [0.25, 0.3) is 5.91 Å². The molecule has 2 N–H and O–H groups in total. The number of nitrogens with zero attached hydrogens (tertiary/aromatic N) is 2. The number of hydrogen-bond acceptors (Lipinski definition) is 3. The van der Waals surface area contributed by atoms with Crippen molar-refractivity contribution in [3.63, 3.8) is 0 Å². The minimum Gasteiger partial charge on any atom is -0.368 e. The molecule has 6 heteroatoms. The van der Waals surface area contributed by atoms with Gasteiger partial charge in [-0.2, -0.15) is 0 Å². The van der Waals surface area contributed by atoms with Crippen LogP contribution >= 0.6 is 0 Å². The van der Waals surface area contributed by atoms with Gasteiger partial charge in [-0.1, -0.05) is 18.2 Å². The third kappa shape index (κ3) is 4.91. The maximum absolute atomic E-state index is 12.5. The first-order chi connectivity index (χ1) is 13.6. The highest BCUT2D eigenvalue weighted by Gasteiger charge is 2.21. The lowest BCUT2D eigenvalue weighted by Gasteiger charge is -2.36. The van der Waals surface area contributed by atoms with Gasteiger partial charge in [-0.15, -0.1) is 6.58 Å². The summed E-state index contributed by atoms with van der Waals surface area (Å²) in [5, 5.41) is 5.63. The summed E-state index contributed by atoms with van der Waals surface area (Å²) in [7, 11) is 0. The molecule has 0 atom stereocenters. The summed E-state index contributed by atoms with van der Waals surface area (Å²) >= 11 is 0. The topological polar surface area (TPSA) is 64.7 Å². The summed E-state index contributed by atoms with van der Waals surface area (Å²) in [4.78, 5) is 28.5. The zero-order valence-electron chi connectivity index (χ0n) is 16.1. The largest absolute Gasteiger partial charge is 0.368 e. The highest BCUT2D eigenvalue weighted by molar-refractivity contribution is 5.95. The SMILES string of the molecule is C=CCNC(=O)c1ccc(NC(=O)N2CCN(c3cccc(C)c3)CC2)cc1. The van der Waals surface area contributed by atoms with Gasteiger partial charge in [0.15, 0.2) is 0 Å². The van der Waals surface area contributed by atoms with Crippen LogP contribution in [0.25, 0.3) is 0 Å². The first-order valence-corrected chi connectivity index (χ1v) is 9.43. The van der Waals surface area contributed by atoms with Gasteiger partial charge in [0.1, 0.15) is 0 Å². The van der Waals surface area contributed by atoms with Crippen LogP contribution in [0.1, 0.15) is 15.9 Å². The molecule has 6 nitrogen and oxygen atoms in total. The molecular formula is C22H26N4O2. The Morgan fingerprint density at radius 1 is 1.07 bits per heavy atom. The van der Waals surface area contributed by atoms with Gasteiger partial charge in [0.05, 0.1) is 0 Å². The highest BCUT2D eigenvalue weighted by Crippen LogP contribution is 2.18. The third-order valence-electron chi connectivity index (χ3n) is 4.74. The molecule has 3 rings (SSSR count). The third-order valence-corrected chi connectivity index (χ3v) is 4.74. The molecule has 2 aromatic carbocycles. The maximum atomic E-state index is 12.5. The molecule has 146 valence electrons. The summed E-state index contributed by atoms with van der Waals surface area (Å²) in [6.45, 7) is 9.03.